The molecule has 7 heteroatoms. The number of para-hydroxylation sites is 1. The fourth-order valence-electron chi connectivity index (χ4n) is 2.72. The number of nitrogens with zero attached hydrogens (tertiary/aromatic N) is 1. The molecule has 1 fully saturated rings. The van der Waals surface area contributed by atoms with Gasteiger partial charge < -0.3 is 19.1 Å². The number of ether oxygens (including phenoxy) is 3. The minimum absolute atomic E-state index is 0.0868. The van der Waals surface area contributed by atoms with E-state index in [0.717, 1.165) is 13.0 Å². The van der Waals surface area contributed by atoms with E-state index in [-0.39, 0.29) is 17.4 Å². The quantitative estimate of drug-likeness (QED) is 0.672. The highest BCUT2D eigenvalue weighted by Crippen LogP contribution is 2.33. The molecule has 1 atom stereocenters. The van der Waals surface area contributed by atoms with E-state index < -0.39 is 6.61 Å². The van der Waals surface area contributed by atoms with Crippen LogP contribution in [0.4, 0.5) is 8.78 Å². The molecule has 0 N–H and O–H groups in total. The van der Waals surface area contributed by atoms with Crippen molar-refractivity contribution in [3.8, 4) is 11.5 Å². The zero-order valence-corrected chi connectivity index (χ0v) is 14.4. The molecule has 25 heavy (non-hydrogen) atoms. The molecule has 0 aliphatic carbocycles. The molecular formula is C18H23F2NO4. The molecule has 1 aromatic carbocycles. The Bertz CT molecular complexity index is 601. The summed E-state index contributed by atoms with van der Waals surface area (Å²) in [6, 6.07) is 4.76. The molecule has 2 rings (SSSR count). The Morgan fingerprint density at radius 2 is 2.28 bits per heavy atom. The summed E-state index contributed by atoms with van der Waals surface area (Å²) in [5.41, 5.74) is 0.355. The molecule has 1 heterocycles. The number of rotatable bonds is 8. The second-order valence-electron chi connectivity index (χ2n) is 5.70. The van der Waals surface area contributed by atoms with Gasteiger partial charge >= 0.3 is 6.61 Å². The van der Waals surface area contributed by atoms with Crippen LogP contribution in [-0.2, 0) is 9.53 Å². The van der Waals surface area contributed by atoms with Crippen LogP contribution in [0.3, 0.4) is 0 Å². The number of halogens is 2. The van der Waals surface area contributed by atoms with Gasteiger partial charge in [0.25, 0.3) is 0 Å². The van der Waals surface area contributed by atoms with Gasteiger partial charge in [0, 0.05) is 37.3 Å². The van der Waals surface area contributed by atoms with Crippen LogP contribution in [0.5, 0.6) is 11.5 Å². The molecule has 0 aromatic heterocycles. The summed E-state index contributed by atoms with van der Waals surface area (Å²) in [6.07, 6.45) is 3.78. The molecule has 1 unspecified atom stereocenters. The van der Waals surface area contributed by atoms with Gasteiger partial charge in [-0.05, 0) is 25.5 Å². The van der Waals surface area contributed by atoms with Crippen molar-refractivity contribution in [3.05, 3.63) is 29.8 Å². The van der Waals surface area contributed by atoms with Crippen LogP contribution in [0.15, 0.2) is 24.3 Å². The van der Waals surface area contributed by atoms with Crippen molar-refractivity contribution in [1.82, 2.24) is 4.90 Å². The van der Waals surface area contributed by atoms with Crippen molar-refractivity contribution >= 4 is 12.0 Å². The number of hydrogen-bond acceptors (Lipinski definition) is 4. The van der Waals surface area contributed by atoms with Crippen LogP contribution in [0.25, 0.3) is 6.08 Å². The molecule has 0 radical (unpaired) electrons. The molecular weight excluding hydrogens is 332 g/mol. The first-order chi connectivity index (χ1) is 12.0. The van der Waals surface area contributed by atoms with Gasteiger partial charge in [0.2, 0.25) is 5.91 Å². The number of alkyl halides is 2. The smallest absolute Gasteiger partial charge is 0.387 e. The summed E-state index contributed by atoms with van der Waals surface area (Å²) in [5.74, 6) is 0.258. The zero-order chi connectivity index (χ0) is 18.2. The lowest BCUT2D eigenvalue weighted by molar-refractivity contribution is -0.126. The van der Waals surface area contributed by atoms with E-state index in [0.29, 0.717) is 31.2 Å². The third kappa shape index (κ3) is 5.42. The number of hydrogen-bond donors (Lipinski definition) is 0. The highest BCUT2D eigenvalue weighted by molar-refractivity contribution is 5.92. The number of methoxy groups -OCH3 is 1. The van der Waals surface area contributed by atoms with Crippen molar-refractivity contribution in [2.45, 2.75) is 20.0 Å². The van der Waals surface area contributed by atoms with Gasteiger partial charge in [-0.2, -0.15) is 8.78 Å². The molecule has 1 aliphatic rings. The predicted molar refractivity (Wildman–Crippen MR) is 89.8 cm³/mol. The summed E-state index contributed by atoms with van der Waals surface area (Å²) in [5, 5.41) is 0. The maximum atomic E-state index is 12.6. The molecule has 1 aliphatic heterocycles. The fraction of sp³-hybridized carbons (Fsp3) is 0.500. The maximum Gasteiger partial charge on any atom is 0.387 e. The lowest BCUT2D eigenvalue weighted by atomic mass is 10.1. The van der Waals surface area contributed by atoms with Crippen LogP contribution < -0.4 is 9.47 Å². The molecule has 5 nitrogen and oxygen atoms in total. The van der Waals surface area contributed by atoms with Gasteiger partial charge in [-0.1, -0.05) is 12.1 Å². The first kappa shape index (κ1) is 19.2. The Labute approximate surface area is 146 Å². The minimum Gasteiger partial charge on any atom is -0.493 e. The Morgan fingerprint density at radius 3 is 2.88 bits per heavy atom. The van der Waals surface area contributed by atoms with Crippen LogP contribution in [0.2, 0.25) is 0 Å². The fourth-order valence-corrected chi connectivity index (χ4v) is 2.72. The number of carbonyl (C=O) groups excluding carboxylic acids is 1. The Kier molecular flexibility index (Phi) is 7.18. The van der Waals surface area contributed by atoms with Gasteiger partial charge in [0.1, 0.15) is 0 Å². The second kappa shape index (κ2) is 9.36. The lowest BCUT2D eigenvalue weighted by Crippen LogP contribution is -2.34. The van der Waals surface area contributed by atoms with Crippen LogP contribution >= 0.6 is 0 Å². The van der Waals surface area contributed by atoms with Gasteiger partial charge in [-0.15, -0.1) is 0 Å². The average molecular weight is 355 g/mol. The highest BCUT2D eigenvalue weighted by atomic mass is 19.3. The predicted octanol–water partition coefficient (Wildman–Crippen LogP) is 3.19. The van der Waals surface area contributed by atoms with Crippen molar-refractivity contribution < 1.29 is 27.8 Å². The SMILES string of the molecule is CCN(CC1CCOC1)C(=O)/C=C/c1cccc(OC)c1OC(F)F. The molecule has 0 saturated carbocycles. The highest BCUT2D eigenvalue weighted by Gasteiger charge is 2.20. The molecule has 1 saturated heterocycles. The van der Waals surface area contributed by atoms with E-state index in [1.165, 1.54) is 25.3 Å². The van der Waals surface area contributed by atoms with E-state index in [1.54, 1.807) is 17.0 Å². The van der Waals surface area contributed by atoms with E-state index in [2.05, 4.69) is 4.74 Å². The summed E-state index contributed by atoms with van der Waals surface area (Å²) in [6.45, 7) is 1.50. The number of likely N-dealkylation sites (N-methyl/N-ethyl adjacent to an activating group) is 1. The van der Waals surface area contributed by atoms with Gasteiger partial charge in [-0.25, -0.2) is 0 Å². The van der Waals surface area contributed by atoms with Crippen molar-refractivity contribution in [2.75, 3.05) is 33.4 Å². The Hall–Kier alpha value is -2.15. The van der Waals surface area contributed by atoms with E-state index in [4.69, 9.17) is 9.47 Å². The Balaban J connectivity index is 2.12. The van der Waals surface area contributed by atoms with Gasteiger partial charge in [0.15, 0.2) is 11.5 Å². The maximum absolute atomic E-state index is 12.6. The van der Waals surface area contributed by atoms with Crippen molar-refractivity contribution in [2.24, 2.45) is 5.92 Å². The summed E-state index contributed by atoms with van der Waals surface area (Å²) in [7, 11) is 1.37. The molecule has 1 aromatic rings. The van der Waals surface area contributed by atoms with Crippen LogP contribution in [-0.4, -0.2) is 50.8 Å². The lowest BCUT2D eigenvalue weighted by Gasteiger charge is -2.22. The average Bonchev–Trinajstić information content (AvgIpc) is 3.11. The van der Waals surface area contributed by atoms with E-state index >= 15 is 0 Å². The second-order valence-corrected chi connectivity index (χ2v) is 5.70. The first-order valence-electron chi connectivity index (χ1n) is 8.21. The number of benzene rings is 1. The minimum atomic E-state index is -2.98. The normalized spacial score (nSPS) is 17.2. The molecule has 138 valence electrons. The molecule has 1 amide bonds. The summed E-state index contributed by atoms with van der Waals surface area (Å²) in [4.78, 5) is 14.1. The van der Waals surface area contributed by atoms with Crippen LogP contribution in [0, 0.1) is 5.92 Å². The van der Waals surface area contributed by atoms with Gasteiger partial charge in [0.05, 0.1) is 13.7 Å². The zero-order valence-electron chi connectivity index (χ0n) is 14.4. The van der Waals surface area contributed by atoms with E-state index in [9.17, 15) is 13.6 Å². The monoisotopic (exact) mass is 355 g/mol. The first-order valence-corrected chi connectivity index (χ1v) is 8.21. The number of carbonyl (C=O) groups is 1. The van der Waals surface area contributed by atoms with Crippen LogP contribution in [0.1, 0.15) is 18.9 Å². The van der Waals surface area contributed by atoms with Crippen molar-refractivity contribution in [3.63, 3.8) is 0 Å². The van der Waals surface area contributed by atoms with Gasteiger partial charge in [-0.3, -0.25) is 4.79 Å². The third-order valence-electron chi connectivity index (χ3n) is 4.04. The van der Waals surface area contributed by atoms with Crippen molar-refractivity contribution in [1.29, 1.82) is 0 Å². The summed E-state index contributed by atoms with van der Waals surface area (Å²) >= 11 is 0. The topological polar surface area (TPSA) is 48.0 Å². The molecule has 0 bridgehead atoms. The summed E-state index contributed by atoms with van der Waals surface area (Å²) < 4.78 is 40.2. The largest absolute Gasteiger partial charge is 0.493 e. The molecule has 0 spiro atoms. The third-order valence-corrected chi connectivity index (χ3v) is 4.04. The Morgan fingerprint density at radius 1 is 1.48 bits per heavy atom. The standard InChI is InChI=1S/C18H23F2NO4/c1-3-21(11-13-9-10-24-12-13)16(22)8-7-14-5-4-6-15(23-2)17(14)25-18(19)20/h4-8,13,18H,3,9-12H2,1-2H3/b8-7+. The van der Waals surface area contributed by atoms with E-state index in [1.807, 2.05) is 6.92 Å². The number of amides is 1.